The number of hydrogen-bond donors (Lipinski definition) is 2. The van der Waals surface area contributed by atoms with Crippen molar-refractivity contribution in [3.8, 4) is 17.6 Å². The van der Waals surface area contributed by atoms with E-state index in [4.69, 9.17) is 4.74 Å². The molecule has 0 bridgehead atoms. The van der Waals surface area contributed by atoms with Crippen LogP contribution >= 0.6 is 0 Å². The molecule has 1 aromatic heterocycles. The third-order valence-corrected chi connectivity index (χ3v) is 7.31. The molecule has 1 saturated heterocycles. The molecule has 0 spiro atoms. The summed E-state index contributed by atoms with van der Waals surface area (Å²) >= 11 is 0. The standard InChI is InChI=1S/C30H32F2N2O4/c1-38-23-7-9-28-25(18-23)24(12-14-33-28)29(35)10-5-21-13-16-34(19-22(21)6-11-30(36)37)15-2-3-20-4-8-26(31)27(32)17-20/h4,7-9,12,14,17-18,21-22,29,35H,5-6,10-11,13,15-16,19H2,1H3,(H,36,37)/t21?,22?,29-/m0/s1. The van der Waals surface area contributed by atoms with Gasteiger partial charge in [-0.05, 0) is 92.1 Å². The van der Waals surface area contributed by atoms with Gasteiger partial charge in [-0.25, -0.2) is 8.78 Å². The number of hydrogen-bond acceptors (Lipinski definition) is 5. The summed E-state index contributed by atoms with van der Waals surface area (Å²) in [7, 11) is 1.60. The molecule has 0 radical (unpaired) electrons. The van der Waals surface area contributed by atoms with Crippen molar-refractivity contribution in [2.75, 3.05) is 26.7 Å². The molecular formula is C30H32F2N2O4. The Morgan fingerprint density at radius 3 is 2.76 bits per heavy atom. The molecule has 0 saturated carbocycles. The van der Waals surface area contributed by atoms with E-state index in [1.165, 1.54) is 6.07 Å². The van der Waals surface area contributed by atoms with Gasteiger partial charge in [0.2, 0.25) is 0 Å². The maximum atomic E-state index is 13.4. The van der Waals surface area contributed by atoms with Crippen LogP contribution in [0.3, 0.4) is 0 Å². The highest BCUT2D eigenvalue weighted by Crippen LogP contribution is 2.35. The molecule has 2 N–H and O–H groups in total. The molecule has 6 nitrogen and oxygen atoms in total. The van der Waals surface area contributed by atoms with E-state index in [0.29, 0.717) is 37.2 Å². The average molecular weight is 523 g/mol. The van der Waals surface area contributed by atoms with E-state index in [2.05, 4.69) is 21.7 Å². The average Bonchev–Trinajstić information content (AvgIpc) is 2.92. The lowest BCUT2D eigenvalue weighted by Crippen LogP contribution is -2.41. The van der Waals surface area contributed by atoms with Crippen molar-refractivity contribution in [1.29, 1.82) is 0 Å². The number of methoxy groups -OCH3 is 1. The Bertz CT molecular complexity index is 1340. The first-order chi connectivity index (χ1) is 18.3. The topological polar surface area (TPSA) is 82.9 Å². The highest BCUT2D eigenvalue weighted by Gasteiger charge is 2.30. The molecular weight excluding hydrogens is 490 g/mol. The van der Waals surface area contributed by atoms with Crippen LogP contribution in [0, 0.1) is 35.3 Å². The minimum atomic E-state index is -0.924. The number of aromatic nitrogens is 1. The number of nitrogens with zero attached hydrogens (tertiary/aromatic N) is 2. The van der Waals surface area contributed by atoms with Gasteiger partial charge in [0.15, 0.2) is 11.6 Å². The quantitative estimate of drug-likeness (QED) is 0.377. The largest absolute Gasteiger partial charge is 0.497 e. The molecule has 1 fully saturated rings. The van der Waals surface area contributed by atoms with Crippen LogP contribution in [0.25, 0.3) is 10.9 Å². The fraction of sp³-hybridized carbons (Fsp3) is 0.400. The van der Waals surface area contributed by atoms with Crippen LogP contribution in [0.2, 0.25) is 0 Å². The molecule has 1 aliphatic rings. The van der Waals surface area contributed by atoms with Crippen molar-refractivity contribution in [3.63, 3.8) is 0 Å². The summed E-state index contributed by atoms with van der Waals surface area (Å²) in [4.78, 5) is 17.9. The van der Waals surface area contributed by atoms with Crippen molar-refractivity contribution in [2.24, 2.45) is 11.8 Å². The molecule has 2 unspecified atom stereocenters. The maximum Gasteiger partial charge on any atom is 0.303 e. The van der Waals surface area contributed by atoms with E-state index in [1.54, 1.807) is 13.3 Å². The number of rotatable bonds is 9. The zero-order chi connectivity index (χ0) is 27.1. The highest BCUT2D eigenvalue weighted by atomic mass is 19.2. The molecule has 1 aliphatic heterocycles. The molecule has 8 heteroatoms. The van der Waals surface area contributed by atoms with E-state index < -0.39 is 23.7 Å². The maximum absolute atomic E-state index is 13.4. The Hall–Kier alpha value is -3.54. The molecule has 3 aromatic rings. The number of benzene rings is 2. The fourth-order valence-electron chi connectivity index (χ4n) is 5.23. The number of ether oxygens (including phenoxy) is 1. The lowest BCUT2D eigenvalue weighted by molar-refractivity contribution is -0.137. The van der Waals surface area contributed by atoms with Crippen molar-refractivity contribution < 1.29 is 28.5 Å². The minimum Gasteiger partial charge on any atom is -0.497 e. The predicted octanol–water partition coefficient (Wildman–Crippen LogP) is 5.19. The third kappa shape index (κ3) is 7.06. The lowest BCUT2D eigenvalue weighted by atomic mass is 9.79. The van der Waals surface area contributed by atoms with Gasteiger partial charge in [0.05, 0.1) is 25.3 Å². The Morgan fingerprint density at radius 1 is 1.16 bits per heavy atom. The molecule has 200 valence electrons. The normalized spacial score (nSPS) is 18.5. The summed E-state index contributed by atoms with van der Waals surface area (Å²) in [6.07, 6.45) is 3.87. The van der Waals surface area contributed by atoms with E-state index in [0.717, 1.165) is 48.0 Å². The Balaban J connectivity index is 1.39. The molecule has 38 heavy (non-hydrogen) atoms. The molecule has 0 aliphatic carbocycles. The van der Waals surface area contributed by atoms with Crippen LogP contribution < -0.4 is 4.74 Å². The number of aliphatic hydroxyl groups excluding tert-OH is 1. The third-order valence-electron chi connectivity index (χ3n) is 7.31. The Kier molecular flexibility index (Phi) is 9.27. The van der Waals surface area contributed by atoms with E-state index >= 15 is 0 Å². The van der Waals surface area contributed by atoms with Gasteiger partial charge in [0, 0.05) is 30.1 Å². The summed E-state index contributed by atoms with van der Waals surface area (Å²) in [6, 6.07) is 11.0. The van der Waals surface area contributed by atoms with Crippen LogP contribution in [0.15, 0.2) is 48.7 Å². The van der Waals surface area contributed by atoms with Gasteiger partial charge in [-0.3, -0.25) is 14.7 Å². The predicted molar refractivity (Wildman–Crippen MR) is 141 cm³/mol. The van der Waals surface area contributed by atoms with Gasteiger partial charge in [-0.1, -0.05) is 11.8 Å². The molecule has 3 atom stereocenters. The van der Waals surface area contributed by atoms with Crippen LogP contribution in [-0.4, -0.2) is 52.8 Å². The monoisotopic (exact) mass is 522 g/mol. The van der Waals surface area contributed by atoms with Gasteiger partial charge in [-0.2, -0.15) is 0 Å². The number of aliphatic hydroxyl groups is 1. The van der Waals surface area contributed by atoms with E-state index in [1.807, 2.05) is 24.3 Å². The smallest absolute Gasteiger partial charge is 0.303 e. The van der Waals surface area contributed by atoms with Gasteiger partial charge in [0.25, 0.3) is 0 Å². The van der Waals surface area contributed by atoms with Gasteiger partial charge >= 0.3 is 5.97 Å². The van der Waals surface area contributed by atoms with Gasteiger partial charge in [0.1, 0.15) is 5.75 Å². The van der Waals surface area contributed by atoms with Crippen molar-refractivity contribution in [2.45, 2.75) is 38.2 Å². The molecule has 4 rings (SSSR count). The lowest BCUT2D eigenvalue weighted by Gasteiger charge is -2.38. The van der Waals surface area contributed by atoms with Gasteiger partial charge < -0.3 is 14.9 Å². The second-order valence-corrected chi connectivity index (χ2v) is 9.78. The number of aliphatic carboxylic acids is 1. The van der Waals surface area contributed by atoms with Gasteiger partial charge in [-0.15, -0.1) is 0 Å². The summed E-state index contributed by atoms with van der Waals surface area (Å²) in [5, 5.41) is 21.2. The fourth-order valence-corrected chi connectivity index (χ4v) is 5.23. The van der Waals surface area contributed by atoms with Crippen molar-refractivity contribution >= 4 is 16.9 Å². The number of fused-ring (bicyclic) bond motifs is 1. The first-order valence-electron chi connectivity index (χ1n) is 12.8. The number of likely N-dealkylation sites (tertiary alicyclic amines) is 1. The first-order valence-corrected chi connectivity index (χ1v) is 12.8. The zero-order valence-electron chi connectivity index (χ0n) is 21.4. The summed E-state index contributed by atoms with van der Waals surface area (Å²) < 4.78 is 31.9. The minimum absolute atomic E-state index is 0.0902. The Morgan fingerprint density at radius 2 is 2.00 bits per heavy atom. The summed E-state index contributed by atoms with van der Waals surface area (Å²) in [5.41, 5.74) is 2.01. The zero-order valence-corrected chi connectivity index (χ0v) is 21.4. The molecule has 0 amide bonds. The van der Waals surface area contributed by atoms with E-state index in [9.17, 15) is 23.8 Å². The van der Waals surface area contributed by atoms with Crippen LogP contribution in [-0.2, 0) is 4.79 Å². The number of halogens is 2. The number of carboxylic acid groups (broad SMARTS) is 1. The SMILES string of the molecule is COc1ccc2nccc([C@@H](O)CCC3CCN(CC#Cc4ccc(F)c(F)c4)CC3CCC(=O)O)c2c1. The number of carboxylic acids is 1. The Labute approximate surface area is 221 Å². The molecule has 2 aromatic carbocycles. The number of piperidine rings is 1. The van der Waals surface area contributed by atoms with Crippen LogP contribution in [0.4, 0.5) is 8.78 Å². The first kappa shape index (κ1) is 27.5. The van der Waals surface area contributed by atoms with E-state index in [-0.39, 0.29) is 18.3 Å². The second-order valence-electron chi connectivity index (χ2n) is 9.78. The molecule has 2 heterocycles. The number of pyridine rings is 1. The van der Waals surface area contributed by atoms with Crippen molar-refractivity contribution in [3.05, 3.63) is 71.4 Å². The second kappa shape index (κ2) is 12.8. The summed E-state index contributed by atoms with van der Waals surface area (Å²) in [5.74, 6) is 4.40. The van der Waals surface area contributed by atoms with Crippen LogP contribution in [0.1, 0.15) is 49.3 Å². The van der Waals surface area contributed by atoms with Crippen molar-refractivity contribution in [1.82, 2.24) is 9.88 Å². The van der Waals surface area contributed by atoms with Crippen LogP contribution in [0.5, 0.6) is 5.75 Å². The summed E-state index contributed by atoms with van der Waals surface area (Å²) in [6.45, 7) is 1.96. The highest BCUT2D eigenvalue weighted by molar-refractivity contribution is 5.83. The number of carbonyl (C=O) groups is 1.